The van der Waals surface area contributed by atoms with Crippen LogP contribution in [0.25, 0.3) is 10.9 Å². The molecule has 0 unspecified atom stereocenters. The van der Waals surface area contributed by atoms with Gasteiger partial charge in [-0.3, -0.25) is 0 Å². The molecule has 0 spiro atoms. The van der Waals surface area contributed by atoms with Gasteiger partial charge in [0.15, 0.2) is 0 Å². The van der Waals surface area contributed by atoms with Crippen molar-refractivity contribution in [1.29, 1.82) is 0 Å². The Morgan fingerprint density at radius 2 is 2.05 bits per heavy atom. The van der Waals surface area contributed by atoms with Crippen LogP contribution in [0.2, 0.25) is 0 Å². The lowest BCUT2D eigenvalue weighted by atomic mass is 10.2. The molecule has 4 heteroatoms. The molecule has 0 aliphatic rings. The third kappa shape index (κ3) is 3.22. The van der Waals surface area contributed by atoms with E-state index in [2.05, 4.69) is 53.1 Å². The van der Waals surface area contributed by atoms with Gasteiger partial charge in [-0.2, -0.15) is 0 Å². The smallest absolute Gasteiger partial charge is 0.126 e. The number of aromatic nitrogens is 2. The quantitative estimate of drug-likeness (QED) is 0.774. The molecule has 114 valence electrons. The molecule has 0 amide bonds. The van der Waals surface area contributed by atoms with Crippen molar-refractivity contribution in [3.63, 3.8) is 0 Å². The number of benzene rings is 1. The third-order valence-corrected chi connectivity index (χ3v) is 3.52. The summed E-state index contributed by atoms with van der Waals surface area (Å²) in [6.07, 6.45) is 3.87. The number of nitrogens with one attached hydrogen (secondary N) is 1. The molecule has 0 aliphatic heterocycles. The molecule has 2 heterocycles. The van der Waals surface area contributed by atoms with E-state index < -0.39 is 0 Å². The summed E-state index contributed by atoms with van der Waals surface area (Å²) in [5.41, 5.74) is 2.31. The van der Waals surface area contributed by atoms with Crippen molar-refractivity contribution < 1.29 is 4.74 Å². The first-order valence-electron chi connectivity index (χ1n) is 7.51. The number of pyridine rings is 1. The van der Waals surface area contributed by atoms with Crippen LogP contribution in [0.1, 0.15) is 19.4 Å². The maximum absolute atomic E-state index is 5.90. The first kappa shape index (κ1) is 14.4. The van der Waals surface area contributed by atoms with E-state index in [1.165, 1.54) is 10.9 Å². The van der Waals surface area contributed by atoms with Crippen LogP contribution in [-0.2, 0) is 13.7 Å². The first-order chi connectivity index (χ1) is 10.6. The van der Waals surface area contributed by atoms with Crippen molar-refractivity contribution in [3.8, 4) is 5.75 Å². The Hall–Kier alpha value is -2.49. The van der Waals surface area contributed by atoms with Crippen molar-refractivity contribution >= 4 is 16.7 Å². The number of fused-ring (bicyclic) bond motifs is 1. The van der Waals surface area contributed by atoms with Gasteiger partial charge in [0.2, 0.25) is 0 Å². The number of anilines is 1. The lowest BCUT2D eigenvalue weighted by molar-refractivity contribution is 0.306. The minimum atomic E-state index is 0.365. The summed E-state index contributed by atoms with van der Waals surface area (Å²) in [7, 11) is 2.04. The zero-order valence-electron chi connectivity index (χ0n) is 13.2. The summed E-state index contributed by atoms with van der Waals surface area (Å²) < 4.78 is 8.01. The largest absolute Gasteiger partial charge is 0.489 e. The highest BCUT2D eigenvalue weighted by atomic mass is 16.5. The molecule has 0 atom stereocenters. The normalized spacial score (nSPS) is 11.1. The average molecular weight is 295 g/mol. The van der Waals surface area contributed by atoms with Gasteiger partial charge in [0.05, 0.1) is 0 Å². The van der Waals surface area contributed by atoms with E-state index in [1.807, 2.05) is 31.4 Å². The van der Waals surface area contributed by atoms with Gasteiger partial charge in [0.1, 0.15) is 18.2 Å². The summed E-state index contributed by atoms with van der Waals surface area (Å²) in [4.78, 5) is 4.31. The van der Waals surface area contributed by atoms with E-state index in [0.717, 1.165) is 17.1 Å². The summed E-state index contributed by atoms with van der Waals surface area (Å²) in [5, 5.41) is 4.49. The maximum Gasteiger partial charge on any atom is 0.126 e. The van der Waals surface area contributed by atoms with Crippen LogP contribution in [0.15, 0.2) is 48.8 Å². The van der Waals surface area contributed by atoms with Gasteiger partial charge >= 0.3 is 0 Å². The van der Waals surface area contributed by atoms with Gasteiger partial charge in [0.25, 0.3) is 0 Å². The Bertz CT molecular complexity index is 777. The molecule has 1 aromatic carbocycles. The van der Waals surface area contributed by atoms with Gasteiger partial charge in [-0.25, -0.2) is 4.98 Å². The predicted molar refractivity (Wildman–Crippen MR) is 90.2 cm³/mol. The molecule has 0 fully saturated rings. The number of nitrogens with zero attached hydrogens (tertiary/aromatic N) is 2. The van der Waals surface area contributed by atoms with Gasteiger partial charge < -0.3 is 14.6 Å². The fraction of sp³-hybridized carbons (Fsp3) is 0.278. The summed E-state index contributed by atoms with van der Waals surface area (Å²) >= 11 is 0. The maximum atomic E-state index is 5.90. The van der Waals surface area contributed by atoms with Crippen molar-refractivity contribution in [1.82, 2.24) is 9.55 Å². The van der Waals surface area contributed by atoms with Crippen molar-refractivity contribution in [2.45, 2.75) is 26.5 Å². The van der Waals surface area contributed by atoms with Gasteiger partial charge in [-0.1, -0.05) is 0 Å². The minimum absolute atomic E-state index is 0.365. The Kier molecular flexibility index (Phi) is 4.00. The summed E-state index contributed by atoms with van der Waals surface area (Å²) in [6.45, 7) is 4.73. The van der Waals surface area contributed by atoms with Crippen LogP contribution < -0.4 is 10.1 Å². The predicted octanol–water partition coefficient (Wildman–Crippen LogP) is 3.97. The molecule has 0 bridgehead atoms. The molecular formula is C18H21N3O. The van der Waals surface area contributed by atoms with Crippen LogP contribution in [0.4, 0.5) is 5.82 Å². The second kappa shape index (κ2) is 6.10. The molecule has 4 nitrogen and oxygen atoms in total. The van der Waals surface area contributed by atoms with E-state index in [9.17, 15) is 0 Å². The lowest BCUT2D eigenvalue weighted by Gasteiger charge is -2.11. The summed E-state index contributed by atoms with van der Waals surface area (Å²) in [6, 6.07) is 12.6. The molecular weight excluding hydrogens is 274 g/mol. The number of rotatable bonds is 5. The van der Waals surface area contributed by atoms with Gasteiger partial charge in [-0.15, -0.1) is 0 Å². The highest BCUT2D eigenvalue weighted by Crippen LogP contribution is 2.22. The SMILES string of the molecule is CC(C)Nc1cc(COc2ccc3c(ccn3C)c2)ccn1. The summed E-state index contributed by atoms with van der Waals surface area (Å²) in [5.74, 6) is 1.77. The van der Waals surface area contributed by atoms with E-state index in [0.29, 0.717) is 12.6 Å². The Morgan fingerprint density at radius 3 is 2.86 bits per heavy atom. The highest BCUT2D eigenvalue weighted by molar-refractivity contribution is 5.81. The fourth-order valence-electron chi connectivity index (χ4n) is 2.45. The topological polar surface area (TPSA) is 39.1 Å². The van der Waals surface area contributed by atoms with Crippen LogP contribution in [0.5, 0.6) is 5.75 Å². The Balaban J connectivity index is 1.70. The minimum Gasteiger partial charge on any atom is -0.489 e. The molecule has 3 rings (SSSR count). The Morgan fingerprint density at radius 1 is 1.18 bits per heavy atom. The molecule has 0 radical (unpaired) electrons. The Labute approximate surface area is 130 Å². The molecule has 3 aromatic rings. The second-order valence-corrected chi connectivity index (χ2v) is 5.78. The van der Waals surface area contributed by atoms with Gasteiger partial charge in [-0.05, 0) is 55.8 Å². The van der Waals surface area contributed by atoms with E-state index in [1.54, 1.807) is 0 Å². The van der Waals surface area contributed by atoms with Crippen LogP contribution in [0.3, 0.4) is 0 Å². The van der Waals surface area contributed by atoms with Crippen LogP contribution in [-0.4, -0.2) is 15.6 Å². The van der Waals surface area contributed by atoms with Crippen molar-refractivity contribution in [3.05, 3.63) is 54.4 Å². The number of aryl methyl sites for hydroxylation is 1. The van der Waals surface area contributed by atoms with Crippen LogP contribution >= 0.6 is 0 Å². The number of hydrogen-bond donors (Lipinski definition) is 1. The molecule has 1 N–H and O–H groups in total. The van der Waals surface area contributed by atoms with E-state index in [4.69, 9.17) is 4.74 Å². The number of ether oxygens (including phenoxy) is 1. The van der Waals surface area contributed by atoms with Crippen molar-refractivity contribution in [2.24, 2.45) is 7.05 Å². The van der Waals surface area contributed by atoms with Crippen molar-refractivity contribution in [2.75, 3.05) is 5.32 Å². The second-order valence-electron chi connectivity index (χ2n) is 5.78. The first-order valence-corrected chi connectivity index (χ1v) is 7.51. The molecule has 0 saturated carbocycles. The highest BCUT2D eigenvalue weighted by Gasteiger charge is 2.03. The fourth-order valence-corrected chi connectivity index (χ4v) is 2.45. The monoisotopic (exact) mass is 295 g/mol. The molecule has 2 aromatic heterocycles. The molecule has 0 saturated heterocycles. The van der Waals surface area contributed by atoms with Crippen LogP contribution in [0, 0.1) is 0 Å². The molecule has 22 heavy (non-hydrogen) atoms. The van der Waals surface area contributed by atoms with E-state index in [-0.39, 0.29) is 0 Å². The van der Waals surface area contributed by atoms with Gasteiger partial charge in [0, 0.05) is 36.4 Å². The third-order valence-electron chi connectivity index (χ3n) is 3.52. The zero-order chi connectivity index (χ0) is 15.5. The average Bonchev–Trinajstić information content (AvgIpc) is 2.86. The molecule has 0 aliphatic carbocycles. The number of hydrogen-bond acceptors (Lipinski definition) is 3. The standard InChI is InChI=1S/C18H21N3O/c1-13(2)20-18-10-14(6-8-19-18)12-22-16-4-5-17-15(11-16)7-9-21(17)3/h4-11,13H,12H2,1-3H3,(H,19,20). The lowest BCUT2D eigenvalue weighted by Crippen LogP contribution is -2.11. The zero-order valence-corrected chi connectivity index (χ0v) is 13.2. The van der Waals surface area contributed by atoms with E-state index >= 15 is 0 Å².